The zero-order valence-corrected chi connectivity index (χ0v) is 7.05. The van der Waals surface area contributed by atoms with Gasteiger partial charge < -0.3 is 69.7 Å². The van der Waals surface area contributed by atoms with Crippen molar-refractivity contribution in [3.05, 3.63) is 43.4 Å². The van der Waals surface area contributed by atoms with Crippen LogP contribution in [0, 0.1) is 64.1 Å². The van der Waals surface area contributed by atoms with Crippen LogP contribution in [0.5, 0.6) is 0 Å². The largest absolute Gasteiger partial charge is 4.00 e. The van der Waals surface area contributed by atoms with Gasteiger partial charge in [0.1, 0.15) is 0 Å². The Hall–Kier alpha value is -2.43. The Kier molecular flexibility index (Phi) is 695. The van der Waals surface area contributed by atoms with Crippen LogP contribution in [-0.4, -0.2) is 0 Å². The van der Waals surface area contributed by atoms with E-state index >= 15 is 0 Å². The topological polar surface area (TPSA) is 158 Å². The van der Waals surface area contributed by atoms with Gasteiger partial charge in [-0.1, -0.05) is 0 Å². The molecule has 0 aliphatic carbocycles. The molecule has 0 radical (unpaired) electrons. The molecule has 0 N–H and O–H groups in total. The summed E-state index contributed by atoms with van der Waals surface area (Å²) in [6.45, 7) is 23.8. The minimum atomic E-state index is 0. The molecule has 0 aromatic heterocycles. The van der Waals surface area contributed by atoms with Crippen LogP contribution in [0.15, 0.2) is 0 Å². The summed E-state index contributed by atoms with van der Waals surface area (Å²) in [4.78, 5) is 7.25. The molecule has 13 heavy (non-hydrogen) atoms. The van der Waals surface area contributed by atoms with Crippen LogP contribution in [0.4, 0.5) is 0 Å². The van der Waals surface area contributed by atoms with Crippen molar-refractivity contribution >= 4 is 0 Å². The first kappa shape index (κ1) is 76.0. The zero-order chi connectivity index (χ0) is 12.0. The molecule has 8 heteroatoms. The number of nitrogens with zero attached hydrogens (tertiary/aromatic N) is 6. The van der Waals surface area contributed by atoms with Crippen LogP contribution in [0.3, 0.4) is 0 Å². The average Bonchev–Trinajstić information content (AvgIpc) is 2.33. The van der Waals surface area contributed by atoms with Crippen molar-refractivity contribution in [2.24, 2.45) is 0 Å². The van der Waals surface area contributed by atoms with Crippen molar-refractivity contribution in [2.75, 3.05) is 0 Å². The molecule has 7 nitrogen and oxygen atoms in total. The maximum absolute atomic E-state index is 7.25. The van der Waals surface area contributed by atoms with Gasteiger partial charge in [0, 0.05) is 0 Å². The summed E-state index contributed by atoms with van der Waals surface area (Å²) < 4.78 is 0. The van der Waals surface area contributed by atoms with E-state index in [0.29, 0.717) is 0 Å². The minimum absolute atomic E-state index is 0. The molecule has 0 unspecified atom stereocenters. The average molecular weight is 216 g/mol. The van der Waals surface area contributed by atoms with Crippen molar-refractivity contribution in [2.45, 2.75) is 0 Å². The third-order valence-corrected chi connectivity index (χ3v) is 0. The van der Waals surface area contributed by atoms with Crippen molar-refractivity contribution in [3.8, 4) is 0 Å². The molecule has 0 rings (SSSR count). The predicted octanol–water partition coefficient (Wildman–Crippen LogP) is 0.802. The van der Waals surface area contributed by atoms with Crippen LogP contribution in [0.2, 0.25) is 0 Å². The molecule has 0 saturated carbocycles. The summed E-state index contributed by atoms with van der Waals surface area (Å²) in [5, 5.41) is 31.2. The Bertz CT molecular complexity index is 90.4. The molecule has 66 valence electrons. The summed E-state index contributed by atoms with van der Waals surface area (Å²) in [7, 11) is 0. The number of hydrogen-bond donors (Lipinski definition) is 0. The standard InChI is InChI=1S/5CN.Fe.NO/c5*1-2;;1-2/q5*-1;+4;-1. The molecule has 0 aliphatic heterocycles. The van der Waals surface area contributed by atoms with E-state index in [2.05, 4.69) is 0 Å². The second kappa shape index (κ2) is 119. The van der Waals surface area contributed by atoms with Gasteiger partial charge in [0.15, 0.2) is 0 Å². The van der Waals surface area contributed by atoms with Crippen LogP contribution in [0.25, 0.3) is 5.59 Å². The predicted molar refractivity (Wildman–Crippen MR) is 31.6 cm³/mol. The van der Waals surface area contributed by atoms with Crippen LogP contribution >= 0.6 is 0 Å². The number of hydrogen-bond acceptors (Lipinski definition) is 6. The van der Waals surface area contributed by atoms with E-state index in [1.165, 1.54) is 0 Å². The van der Waals surface area contributed by atoms with Gasteiger partial charge in [0.05, 0.1) is 0 Å². The third kappa shape index (κ3) is 92.8. The van der Waals surface area contributed by atoms with Gasteiger partial charge in [-0.3, -0.25) is 0 Å². The fraction of sp³-hybridized carbons (Fsp3) is 0. The summed E-state index contributed by atoms with van der Waals surface area (Å²) in [6.07, 6.45) is 0. The summed E-state index contributed by atoms with van der Waals surface area (Å²) >= 11 is 0. The SMILES string of the molecule is [C-]#N.[C-]#N.[C-]#N.[C-]#N.[C-]#N.[Fe+4].[N-]=O. The smallest absolute Gasteiger partial charge is 0.577 e. The second-order valence-corrected chi connectivity index (χ2v) is 0. The van der Waals surface area contributed by atoms with Gasteiger partial charge >= 0.3 is 17.1 Å². The maximum Gasteiger partial charge on any atom is 4.00 e. The Morgan fingerprint density at radius 1 is 0.538 bits per heavy atom. The first-order chi connectivity index (χ1) is 6.00. The molecule has 0 spiro atoms. The van der Waals surface area contributed by atoms with Crippen LogP contribution in [0.1, 0.15) is 0 Å². The third-order valence-electron chi connectivity index (χ3n) is 0. The van der Waals surface area contributed by atoms with Gasteiger partial charge in [-0.05, 0) is 0 Å². The van der Waals surface area contributed by atoms with Crippen LogP contribution < -0.4 is 0 Å². The molecule has 0 aliphatic rings. The van der Waals surface area contributed by atoms with E-state index in [9.17, 15) is 0 Å². The van der Waals surface area contributed by atoms with Crippen molar-refractivity contribution in [3.63, 3.8) is 0 Å². The van der Waals surface area contributed by atoms with Crippen molar-refractivity contribution in [1.82, 2.24) is 0 Å². The number of nitroso groups, excluding NO2 is 1. The van der Waals surface area contributed by atoms with E-state index < -0.39 is 0 Å². The quantitative estimate of drug-likeness (QED) is 0.429. The number of rotatable bonds is 0. The van der Waals surface area contributed by atoms with Crippen molar-refractivity contribution in [1.29, 1.82) is 26.3 Å². The van der Waals surface area contributed by atoms with E-state index in [-0.39, 0.29) is 17.1 Å². The molecule has 0 fully saturated rings. The van der Waals surface area contributed by atoms with Gasteiger partial charge in [-0.25, -0.2) is 0 Å². The second-order valence-electron chi connectivity index (χ2n) is 0. The summed E-state index contributed by atoms with van der Waals surface area (Å²) in [5.74, 6) is 0. The van der Waals surface area contributed by atoms with E-state index in [0.717, 1.165) is 0 Å². The van der Waals surface area contributed by atoms with Gasteiger partial charge in [0.25, 0.3) is 0 Å². The molecule has 0 heterocycles. The first-order valence-corrected chi connectivity index (χ1v) is 1.30. The van der Waals surface area contributed by atoms with Gasteiger partial charge in [-0.2, -0.15) is 0 Å². The maximum atomic E-state index is 7.25. The minimum Gasteiger partial charge on any atom is -0.577 e. The molecule has 0 atom stereocenters. The molecule has 0 aromatic carbocycles. The van der Waals surface area contributed by atoms with E-state index in [4.69, 9.17) is 69.7 Å². The van der Waals surface area contributed by atoms with E-state index in [1.54, 1.807) is 0 Å². The summed E-state index contributed by atoms with van der Waals surface area (Å²) in [5.41, 5.74) is 5.75. The van der Waals surface area contributed by atoms with Crippen LogP contribution in [-0.2, 0) is 17.1 Å². The Morgan fingerprint density at radius 3 is 0.538 bits per heavy atom. The van der Waals surface area contributed by atoms with Crippen molar-refractivity contribution < 1.29 is 17.1 Å². The Balaban J connectivity index is -0.00000000655. The van der Waals surface area contributed by atoms with Gasteiger partial charge in [0.2, 0.25) is 0 Å². The normalized spacial score (nSPS) is 1.08. The molecule has 0 bridgehead atoms. The molecular weight excluding hydrogens is 216 g/mol. The fourth-order valence-corrected chi connectivity index (χ4v) is 0. The molecule has 0 amide bonds. The Labute approximate surface area is 87.3 Å². The fourth-order valence-electron chi connectivity index (χ4n) is 0. The first-order valence-electron chi connectivity index (χ1n) is 1.30. The Morgan fingerprint density at radius 2 is 0.538 bits per heavy atom. The monoisotopic (exact) mass is 216 g/mol. The molecule has 0 aromatic rings. The molecular formula is C5FeN6O-2. The van der Waals surface area contributed by atoms with Gasteiger partial charge in [-0.15, -0.1) is 0 Å². The van der Waals surface area contributed by atoms with E-state index in [1.807, 2.05) is 0 Å². The summed E-state index contributed by atoms with van der Waals surface area (Å²) in [6, 6.07) is 0. The molecule has 0 saturated heterocycles. The zero-order valence-electron chi connectivity index (χ0n) is 5.95.